The number of aliphatic carboxylic acids is 1. The zero-order valence-electron chi connectivity index (χ0n) is 22.1. The zero-order chi connectivity index (χ0) is 27.5. The van der Waals surface area contributed by atoms with Gasteiger partial charge in [0, 0.05) is 44.1 Å². The highest BCUT2D eigenvalue weighted by atomic mass is 32.2. The summed E-state index contributed by atoms with van der Waals surface area (Å²) in [5.41, 5.74) is 0. The first-order valence-electron chi connectivity index (χ1n) is 12.2. The van der Waals surface area contributed by atoms with E-state index in [1.165, 1.54) is 18.7 Å². The SMILES string of the molecule is CCCOCCOCCC(=O)NC[C@H](NC)C(=O)C[C@@H](C)C(=O)N[C@@H](C)C(=O)C[C@@H](CSC)C(=O)O. The van der Waals surface area contributed by atoms with E-state index in [0.29, 0.717) is 25.6 Å². The molecule has 4 atom stereocenters. The Kier molecular flexibility index (Phi) is 19.0. The maximum absolute atomic E-state index is 12.6. The summed E-state index contributed by atoms with van der Waals surface area (Å²) in [7, 11) is 1.59. The number of Topliss-reactive ketones (excluding diaryl/α,β-unsaturated/α-hetero) is 2. The molecule has 0 spiro atoms. The number of carbonyl (C=O) groups is 5. The Morgan fingerprint density at radius 3 is 2.14 bits per heavy atom. The lowest BCUT2D eigenvalue weighted by molar-refractivity contribution is -0.143. The van der Waals surface area contributed by atoms with Crippen molar-refractivity contribution in [3.63, 3.8) is 0 Å². The summed E-state index contributed by atoms with van der Waals surface area (Å²) in [5, 5.41) is 17.3. The molecule has 0 aliphatic rings. The monoisotopic (exact) mass is 533 g/mol. The number of hydrogen-bond acceptors (Lipinski definition) is 9. The fourth-order valence-corrected chi connectivity index (χ4v) is 3.79. The van der Waals surface area contributed by atoms with Crippen molar-refractivity contribution in [1.82, 2.24) is 16.0 Å². The molecular weight excluding hydrogens is 490 g/mol. The van der Waals surface area contributed by atoms with Crippen LogP contribution in [0, 0.1) is 11.8 Å². The molecule has 0 aromatic carbocycles. The van der Waals surface area contributed by atoms with Crippen LogP contribution in [0.25, 0.3) is 0 Å². The molecule has 0 fully saturated rings. The Hall–Kier alpha value is -2.02. The lowest BCUT2D eigenvalue weighted by Crippen LogP contribution is -2.47. The Balaban J connectivity index is 4.45. The maximum Gasteiger partial charge on any atom is 0.307 e. The van der Waals surface area contributed by atoms with Gasteiger partial charge in [-0.25, -0.2) is 0 Å². The van der Waals surface area contributed by atoms with E-state index >= 15 is 0 Å². The first-order chi connectivity index (χ1) is 17.1. The molecule has 0 aromatic heterocycles. The lowest BCUT2D eigenvalue weighted by atomic mass is 9.97. The summed E-state index contributed by atoms with van der Waals surface area (Å²) >= 11 is 1.33. The molecule has 208 valence electrons. The van der Waals surface area contributed by atoms with E-state index in [1.807, 2.05) is 6.92 Å². The first kappa shape index (κ1) is 34.0. The smallest absolute Gasteiger partial charge is 0.307 e. The van der Waals surface area contributed by atoms with Crippen LogP contribution in [0.1, 0.15) is 46.5 Å². The van der Waals surface area contributed by atoms with Crippen LogP contribution in [0.15, 0.2) is 0 Å². The number of hydrogen-bond donors (Lipinski definition) is 4. The predicted molar refractivity (Wildman–Crippen MR) is 138 cm³/mol. The van der Waals surface area contributed by atoms with Gasteiger partial charge >= 0.3 is 5.97 Å². The van der Waals surface area contributed by atoms with Crippen LogP contribution in [0.5, 0.6) is 0 Å². The van der Waals surface area contributed by atoms with E-state index in [9.17, 15) is 29.1 Å². The molecule has 0 aromatic rings. The van der Waals surface area contributed by atoms with Crippen LogP contribution in [0.2, 0.25) is 0 Å². The second kappa shape index (κ2) is 20.1. The van der Waals surface area contributed by atoms with Gasteiger partial charge in [-0.1, -0.05) is 13.8 Å². The Morgan fingerprint density at radius 2 is 1.58 bits per heavy atom. The van der Waals surface area contributed by atoms with E-state index in [4.69, 9.17) is 9.47 Å². The lowest BCUT2D eigenvalue weighted by Gasteiger charge is -2.20. The summed E-state index contributed by atoms with van der Waals surface area (Å²) in [5.74, 6) is -3.63. The predicted octanol–water partition coefficient (Wildman–Crippen LogP) is 0.647. The summed E-state index contributed by atoms with van der Waals surface area (Å²) < 4.78 is 10.6. The van der Waals surface area contributed by atoms with Crippen molar-refractivity contribution in [3.8, 4) is 0 Å². The number of carboxylic acids is 1. The van der Waals surface area contributed by atoms with Crippen LogP contribution >= 0.6 is 11.8 Å². The van der Waals surface area contributed by atoms with Crippen LogP contribution < -0.4 is 16.0 Å². The number of carbonyl (C=O) groups excluding carboxylic acids is 4. The topological polar surface area (TPSA) is 160 Å². The molecule has 0 aliphatic carbocycles. The molecule has 0 radical (unpaired) electrons. The van der Waals surface area contributed by atoms with Crippen molar-refractivity contribution in [3.05, 3.63) is 0 Å². The van der Waals surface area contributed by atoms with Crippen molar-refractivity contribution < 1.29 is 38.6 Å². The molecular formula is C24H43N3O8S. The van der Waals surface area contributed by atoms with Gasteiger partial charge in [-0.2, -0.15) is 11.8 Å². The molecule has 0 rings (SSSR count). The molecule has 0 unspecified atom stereocenters. The molecule has 0 saturated heterocycles. The average Bonchev–Trinajstić information content (AvgIpc) is 2.83. The molecule has 0 bridgehead atoms. The Labute approximate surface area is 218 Å². The fraction of sp³-hybridized carbons (Fsp3) is 0.792. The normalized spacial score (nSPS) is 14.4. The standard InChI is InChI=1S/C24H43N3O8S/c1-6-8-34-10-11-35-9-7-22(30)26-14-19(25-4)21(29)12-16(2)23(31)27-17(3)20(28)13-18(15-36-5)24(32)33/h16-19,25H,6-15H2,1-5H3,(H,26,30)(H,27,31)(H,32,33)/t16-,17+,18+,19+/m1/s1. The minimum Gasteiger partial charge on any atom is -0.481 e. The third kappa shape index (κ3) is 15.2. The second-order valence-electron chi connectivity index (χ2n) is 8.58. The fourth-order valence-electron chi connectivity index (χ4n) is 3.12. The largest absolute Gasteiger partial charge is 0.481 e. The van der Waals surface area contributed by atoms with Crippen molar-refractivity contribution in [2.45, 2.75) is 58.5 Å². The number of ether oxygens (including phenoxy) is 2. The molecule has 0 saturated carbocycles. The van der Waals surface area contributed by atoms with Crippen LogP contribution in [-0.4, -0.2) is 98.6 Å². The third-order valence-electron chi connectivity index (χ3n) is 5.40. The Bertz CT molecular complexity index is 707. The number of carboxylic acid groups (broad SMARTS) is 1. The van der Waals surface area contributed by atoms with E-state index in [-0.39, 0.29) is 49.9 Å². The molecule has 11 nitrogen and oxygen atoms in total. The first-order valence-corrected chi connectivity index (χ1v) is 13.6. The van der Waals surface area contributed by atoms with Crippen LogP contribution in [0.4, 0.5) is 0 Å². The van der Waals surface area contributed by atoms with Gasteiger partial charge in [0.2, 0.25) is 11.8 Å². The number of likely N-dealkylation sites (N-methyl/N-ethyl adjacent to an activating group) is 1. The molecule has 2 amide bonds. The van der Waals surface area contributed by atoms with E-state index in [1.54, 1.807) is 20.2 Å². The number of ketones is 2. The molecule has 0 heterocycles. The number of thioether (sulfide) groups is 1. The van der Waals surface area contributed by atoms with Gasteiger partial charge in [0.25, 0.3) is 0 Å². The van der Waals surface area contributed by atoms with Gasteiger partial charge in [0.1, 0.15) is 0 Å². The van der Waals surface area contributed by atoms with Gasteiger partial charge in [-0.05, 0) is 26.6 Å². The third-order valence-corrected chi connectivity index (χ3v) is 6.13. The Morgan fingerprint density at radius 1 is 0.944 bits per heavy atom. The quantitative estimate of drug-likeness (QED) is 0.145. The zero-order valence-corrected chi connectivity index (χ0v) is 22.9. The number of rotatable bonds is 22. The number of amides is 2. The van der Waals surface area contributed by atoms with Gasteiger partial charge in [0.15, 0.2) is 11.6 Å². The second-order valence-corrected chi connectivity index (χ2v) is 9.49. The summed E-state index contributed by atoms with van der Waals surface area (Å²) in [6.45, 7) is 6.97. The van der Waals surface area contributed by atoms with Crippen molar-refractivity contribution >= 4 is 41.1 Å². The highest BCUT2D eigenvalue weighted by Gasteiger charge is 2.27. The van der Waals surface area contributed by atoms with Gasteiger partial charge in [-0.3, -0.25) is 24.0 Å². The maximum atomic E-state index is 12.6. The summed E-state index contributed by atoms with van der Waals surface area (Å²) in [6, 6.07) is -1.53. The average molecular weight is 534 g/mol. The highest BCUT2D eigenvalue weighted by Crippen LogP contribution is 2.13. The van der Waals surface area contributed by atoms with Crippen molar-refractivity contribution in [1.29, 1.82) is 0 Å². The van der Waals surface area contributed by atoms with Crippen molar-refractivity contribution in [2.24, 2.45) is 11.8 Å². The minimum atomic E-state index is -1.05. The van der Waals surface area contributed by atoms with E-state index in [2.05, 4.69) is 16.0 Å². The molecule has 0 aliphatic heterocycles. The summed E-state index contributed by atoms with van der Waals surface area (Å²) in [4.78, 5) is 60.7. The van der Waals surface area contributed by atoms with Gasteiger partial charge < -0.3 is 30.5 Å². The molecule has 36 heavy (non-hydrogen) atoms. The van der Waals surface area contributed by atoms with Gasteiger partial charge in [0.05, 0.1) is 37.8 Å². The van der Waals surface area contributed by atoms with E-state index < -0.39 is 35.8 Å². The van der Waals surface area contributed by atoms with Gasteiger partial charge in [-0.15, -0.1) is 0 Å². The molecule has 12 heteroatoms. The van der Waals surface area contributed by atoms with Crippen LogP contribution in [0.3, 0.4) is 0 Å². The summed E-state index contributed by atoms with van der Waals surface area (Å²) in [6.07, 6.45) is 2.59. The number of nitrogens with one attached hydrogen (secondary N) is 3. The highest BCUT2D eigenvalue weighted by molar-refractivity contribution is 7.98. The molecule has 4 N–H and O–H groups in total. The van der Waals surface area contributed by atoms with Crippen molar-refractivity contribution in [2.75, 3.05) is 52.0 Å². The minimum absolute atomic E-state index is 0.0724. The van der Waals surface area contributed by atoms with Crippen LogP contribution in [-0.2, 0) is 33.4 Å². The van der Waals surface area contributed by atoms with E-state index in [0.717, 1.165) is 6.42 Å².